The van der Waals surface area contributed by atoms with E-state index in [1.807, 2.05) is 23.1 Å². The van der Waals surface area contributed by atoms with Gasteiger partial charge in [0.2, 0.25) is 0 Å². The first-order chi connectivity index (χ1) is 12.2. The van der Waals surface area contributed by atoms with Crippen molar-refractivity contribution in [2.75, 3.05) is 0 Å². The summed E-state index contributed by atoms with van der Waals surface area (Å²) in [5.74, 6) is 0. The summed E-state index contributed by atoms with van der Waals surface area (Å²) in [6.07, 6.45) is 11.6. The van der Waals surface area contributed by atoms with Crippen molar-refractivity contribution in [3.8, 4) is 5.69 Å². The van der Waals surface area contributed by atoms with Crippen LogP contribution in [0.2, 0.25) is 13.3 Å². The molecule has 4 nitrogen and oxygen atoms in total. The molecule has 0 aromatic carbocycles. The Morgan fingerprint density at radius 2 is 1.56 bits per heavy atom. The van der Waals surface area contributed by atoms with Crippen molar-refractivity contribution in [1.29, 1.82) is 0 Å². The molecule has 0 amide bonds. The molecule has 2 aromatic rings. The fraction of sp³-hybridized carbons (Fsp3) is 0.650. The Morgan fingerprint density at radius 1 is 0.960 bits per heavy atom. The molecule has 2 rings (SSSR count). The van der Waals surface area contributed by atoms with Crippen LogP contribution < -0.4 is 3.71 Å². The summed E-state index contributed by atoms with van der Waals surface area (Å²) in [6, 6.07) is 4.04. The van der Waals surface area contributed by atoms with Crippen LogP contribution in [-0.4, -0.2) is 38.4 Å². The van der Waals surface area contributed by atoms with Crippen LogP contribution in [-0.2, 0) is 0 Å². The number of rotatable bonds is 11. The Morgan fingerprint density at radius 3 is 2.04 bits per heavy atom. The van der Waals surface area contributed by atoms with Gasteiger partial charge in [-0.15, -0.1) is 0 Å². The van der Waals surface area contributed by atoms with Gasteiger partial charge in [-0.2, -0.15) is 0 Å². The molecule has 0 bridgehead atoms. The zero-order valence-corrected chi connectivity index (χ0v) is 19.3. The van der Waals surface area contributed by atoms with E-state index in [0.717, 1.165) is 5.69 Å². The normalized spacial score (nSPS) is 11.8. The predicted octanol–water partition coefficient (Wildman–Crippen LogP) is 5.03. The van der Waals surface area contributed by atoms with Crippen molar-refractivity contribution < 1.29 is 0 Å². The molecular formula is C20H34N4Sn. The number of aromatic nitrogens is 4. The van der Waals surface area contributed by atoms with E-state index in [2.05, 4.69) is 44.0 Å². The second-order valence-corrected chi connectivity index (χ2v) is 20.2. The topological polar surface area (TPSA) is 43.6 Å². The van der Waals surface area contributed by atoms with Crippen LogP contribution in [0.1, 0.15) is 65.0 Å². The Bertz CT molecular complexity index is 602. The Balaban J connectivity index is 2.43. The first-order valence-electron chi connectivity index (χ1n) is 10.0. The van der Waals surface area contributed by atoms with Crippen LogP contribution in [0.4, 0.5) is 0 Å². The van der Waals surface area contributed by atoms with Gasteiger partial charge in [-0.3, -0.25) is 0 Å². The Hall–Kier alpha value is -0.911. The molecule has 0 aliphatic carbocycles. The number of hydrogen-bond donors (Lipinski definition) is 0. The van der Waals surface area contributed by atoms with Gasteiger partial charge in [-0.25, -0.2) is 0 Å². The minimum atomic E-state index is -2.52. The van der Waals surface area contributed by atoms with Crippen molar-refractivity contribution in [1.82, 2.24) is 20.0 Å². The second kappa shape index (κ2) is 10.3. The van der Waals surface area contributed by atoms with Crippen LogP contribution in [0.25, 0.3) is 5.69 Å². The van der Waals surface area contributed by atoms with E-state index in [9.17, 15) is 0 Å². The van der Waals surface area contributed by atoms with Gasteiger partial charge in [0.05, 0.1) is 0 Å². The van der Waals surface area contributed by atoms with Gasteiger partial charge in [-0.1, -0.05) is 0 Å². The third-order valence-electron chi connectivity index (χ3n) is 5.31. The molecule has 138 valence electrons. The zero-order valence-electron chi connectivity index (χ0n) is 16.5. The van der Waals surface area contributed by atoms with Crippen LogP contribution in [0, 0.1) is 6.92 Å². The van der Waals surface area contributed by atoms with Crippen molar-refractivity contribution >= 4 is 22.1 Å². The van der Waals surface area contributed by atoms with Gasteiger partial charge in [-0.05, 0) is 0 Å². The summed E-state index contributed by atoms with van der Waals surface area (Å²) in [7, 11) is 0. The molecule has 0 atom stereocenters. The standard InChI is InChI=1S/C8H7N4.3C4H9.Sn/c1-7-5-10-11-12(7)8-3-2-4-9-6-8;3*1-3-4-2;/h2-4,6H,1H3;3*1,3-4H2,2H3;. The molecular weight excluding hydrogens is 415 g/mol. The van der Waals surface area contributed by atoms with Crippen molar-refractivity contribution in [2.24, 2.45) is 0 Å². The first-order valence-corrected chi connectivity index (χ1v) is 17.5. The van der Waals surface area contributed by atoms with E-state index < -0.39 is 18.4 Å². The van der Waals surface area contributed by atoms with Crippen LogP contribution in [0.15, 0.2) is 24.5 Å². The van der Waals surface area contributed by atoms with Gasteiger partial charge >= 0.3 is 158 Å². The molecule has 25 heavy (non-hydrogen) atoms. The average Bonchev–Trinajstić information content (AvgIpc) is 3.04. The summed E-state index contributed by atoms with van der Waals surface area (Å²) in [4.78, 5) is 4.25. The zero-order chi connectivity index (χ0) is 18.1. The summed E-state index contributed by atoms with van der Waals surface area (Å²) in [6.45, 7) is 9.17. The third kappa shape index (κ3) is 5.05. The SMILES string of the molecule is CCC[CH2][Sn]([CH2]CCC)([CH2]CCC)[c]1nnn(-c2cccnc2)c1C. The van der Waals surface area contributed by atoms with Gasteiger partial charge in [0, 0.05) is 0 Å². The molecule has 0 spiro atoms. The quantitative estimate of drug-likeness (QED) is 0.453. The van der Waals surface area contributed by atoms with E-state index in [4.69, 9.17) is 5.10 Å². The van der Waals surface area contributed by atoms with Crippen molar-refractivity contribution in [3.05, 3.63) is 30.2 Å². The summed E-state index contributed by atoms with van der Waals surface area (Å²) >= 11 is -2.52. The molecule has 0 fully saturated rings. The second-order valence-electron chi connectivity index (χ2n) is 7.24. The third-order valence-corrected chi connectivity index (χ3v) is 20.7. The summed E-state index contributed by atoms with van der Waals surface area (Å²) in [5, 5.41) is 9.36. The summed E-state index contributed by atoms with van der Waals surface area (Å²) < 4.78 is 7.72. The fourth-order valence-corrected chi connectivity index (χ4v) is 20.0. The molecule has 2 aromatic heterocycles. The molecule has 0 saturated carbocycles. The van der Waals surface area contributed by atoms with Gasteiger partial charge in [0.25, 0.3) is 0 Å². The molecule has 0 unspecified atom stereocenters. The Labute approximate surface area is 157 Å². The number of nitrogens with zero attached hydrogens (tertiary/aromatic N) is 4. The van der Waals surface area contributed by atoms with E-state index in [0.29, 0.717) is 0 Å². The Kier molecular flexibility index (Phi) is 8.40. The molecule has 2 heterocycles. The van der Waals surface area contributed by atoms with E-state index in [-0.39, 0.29) is 0 Å². The summed E-state index contributed by atoms with van der Waals surface area (Å²) in [5.41, 5.74) is 2.30. The molecule has 0 radical (unpaired) electrons. The van der Waals surface area contributed by atoms with Crippen molar-refractivity contribution in [3.63, 3.8) is 0 Å². The van der Waals surface area contributed by atoms with Crippen LogP contribution in [0.3, 0.4) is 0 Å². The fourth-order valence-electron chi connectivity index (χ4n) is 3.82. The minimum absolute atomic E-state index is 1.03. The average molecular weight is 449 g/mol. The first kappa shape index (κ1) is 20.4. The van der Waals surface area contributed by atoms with Gasteiger partial charge in [0.15, 0.2) is 0 Å². The van der Waals surface area contributed by atoms with E-state index >= 15 is 0 Å². The van der Waals surface area contributed by atoms with E-state index in [1.54, 1.807) is 0 Å². The van der Waals surface area contributed by atoms with Gasteiger partial charge < -0.3 is 0 Å². The van der Waals surface area contributed by atoms with Crippen LogP contribution in [0.5, 0.6) is 0 Å². The molecule has 0 saturated heterocycles. The van der Waals surface area contributed by atoms with E-state index in [1.165, 1.54) is 61.2 Å². The maximum atomic E-state index is 4.80. The maximum absolute atomic E-state index is 4.80. The number of unbranched alkanes of at least 4 members (excludes halogenated alkanes) is 3. The van der Waals surface area contributed by atoms with Gasteiger partial charge in [0.1, 0.15) is 0 Å². The molecule has 0 aliphatic rings. The monoisotopic (exact) mass is 450 g/mol. The molecule has 0 N–H and O–H groups in total. The number of hydrogen-bond acceptors (Lipinski definition) is 3. The molecule has 5 heteroatoms. The predicted molar refractivity (Wildman–Crippen MR) is 108 cm³/mol. The van der Waals surface area contributed by atoms with Crippen molar-refractivity contribution in [2.45, 2.75) is 79.5 Å². The molecule has 0 aliphatic heterocycles. The number of pyridine rings is 1. The van der Waals surface area contributed by atoms with Crippen LogP contribution >= 0.6 is 0 Å².